The Hall–Kier alpha value is -1.40. The van der Waals surface area contributed by atoms with Crippen molar-refractivity contribution in [2.45, 2.75) is 38.7 Å². The lowest BCUT2D eigenvalue weighted by atomic mass is 9.88. The fourth-order valence-electron chi connectivity index (χ4n) is 1.24. The van der Waals surface area contributed by atoms with Gasteiger partial charge in [-0.15, -0.1) is 0 Å². The van der Waals surface area contributed by atoms with E-state index in [4.69, 9.17) is 9.29 Å². The number of aryl methyl sites for hydroxylation is 1. The SMILES string of the molecule is Cc1ccc(S(=O)(=O)OC(C)C(C)(C)C(=O)O)cc1. The molecule has 0 aromatic heterocycles. The molecule has 19 heavy (non-hydrogen) atoms. The van der Waals surface area contributed by atoms with Crippen LogP contribution in [0.2, 0.25) is 0 Å². The van der Waals surface area contributed by atoms with Crippen LogP contribution in [0.4, 0.5) is 0 Å². The van der Waals surface area contributed by atoms with E-state index < -0.39 is 27.6 Å². The van der Waals surface area contributed by atoms with Crippen LogP contribution in [0.5, 0.6) is 0 Å². The molecule has 0 aliphatic rings. The van der Waals surface area contributed by atoms with Gasteiger partial charge in [-0.2, -0.15) is 8.42 Å². The maximum Gasteiger partial charge on any atom is 0.311 e. The maximum absolute atomic E-state index is 12.0. The van der Waals surface area contributed by atoms with Crippen LogP contribution in [-0.4, -0.2) is 25.6 Å². The minimum Gasteiger partial charge on any atom is -0.481 e. The molecule has 1 unspecified atom stereocenters. The van der Waals surface area contributed by atoms with Crippen LogP contribution in [0.25, 0.3) is 0 Å². The summed E-state index contributed by atoms with van der Waals surface area (Å²) in [7, 11) is -3.96. The molecule has 0 aliphatic carbocycles. The normalized spacial score (nSPS) is 14.1. The first-order chi connectivity index (χ1) is 8.57. The quantitative estimate of drug-likeness (QED) is 0.839. The van der Waals surface area contributed by atoms with Crippen LogP contribution in [0.15, 0.2) is 29.2 Å². The largest absolute Gasteiger partial charge is 0.481 e. The van der Waals surface area contributed by atoms with Crippen molar-refractivity contribution >= 4 is 16.1 Å². The molecule has 0 fully saturated rings. The molecule has 0 saturated carbocycles. The first kappa shape index (κ1) is 15.7. The molecule has 6 heteroatoms. The van der Waals surface area contributed by atoms with Gasteiger partial charge in [-0.1, -0.05) is 17.7 Å². The Balaban J connectivity index is 2.98. The van der Waals surface area contributed by atoms with Crippen molar-refractivity contribution in [3.8, 4) is 0 Å². The molecule has 1 aromatic rings. The monoisotopic (exact) mass is 286 g/mol. The van der Waals surface area contributed by atoms with E-state index in [-0.39, 0.29) is 4.90 Å². The average Bonchev–Trinajstić information content (AvgIpc) is 2.28. The third-order valence-corrected chi connectivity index (χ3v) is 4.54. The smallest absolute Gasteiger partial charge is 0.311 e. The Morgan fingerprint density at radius 1 is 1.26 bits per heavy atom. The van der Waals surface area contributed by atoms with Gasteiger partial charge in [0.05, 0.1) is 16.4 Å². The predicted octanol–water partition coefficient (Wildman–Crippen LogP) is 2.20. The van der Waals surface area contributed by atoms with E-state index in [0.29, 0.717) is 0 Å². The highest BCUT2D eigenvalue weighted by atomic mass is 32.2. The van der Waals surface area contributed by atoms with Crippen molar-refractivity contribution < 1.29 is 22.5 Å². The van der Waals surface area contributed by atoms with E-state index >= 15 is 0 Å². The molecular weight excluding hydrogens is 268 g/mol. The second-order valence-electron chi connectivity index (χ2n) is 5.03. The zero-order chi connectivity index (χ0) is 14.8. The Bertz CT molecular complexity index is 557. The molecule has 0 bridgehead atoms. The van der Waals surface area contributed by atoms with Gasteiger partial charge in [-0.05, 0) is 39.8 Å². The molecule has 0 saturated heterocycles. The fourth-order valence-corrected chi connectivity index (χ4v) is 2.45. The van der Waals surface area contributed by atoms with Gasteiger partial charge in [-0.25, -0.2) is 0 Å². The summed E-state index contributed by atoms with van der Waals surface area (Å²) in [6, 6.07) is 6.18. The Morgan fingerprint density at radius 2 is 1.74 bits per heavy atom. The number of carboxylic acids is 1. The van der Waals surface area contributed by atoms with Crippen LogP contribution < -0.4 is 0 Å². The maximum atomic E-state index is 12.0. The summed E-state index contributed by atoms with van der Waals surface area (Å²) in [5.41, 5.74) is -0.365. The molecule has 0 aliphatic heterocycles. The molecule has 5 nitrogen and oxygen atoms in total. The highest BCUT2D eigenvalue weighted by Gasteiger charge is 2.37. The second kappa shape index (κ2) is 5.30. The first-order valence-corrected chi connectivity index (χ1v) is 7.21. The number of carboxylic acid groups (broad SMARTS) is 1. The van der Waals surface area contributed by atoms with E-state index in [9.17, 15) is 13.2 Å². The third kappa shape index (κ3) is 3.54. The number of hydrogen-bond donors (Lipinski definition) is 1. The molecular formula is C13H18O5S. The van der Waals surface area contributed by atoms with Gasteiger partial charge < -0.3 is 5.11 Å². The lowest BCUT2D eigenvalue weighted by Gasteiger charge is -2.26. The predicted molar refractivity (Wildman–Crippen MR) is 70.3 cm³/mol. The van der Waals surface area contributed by atoms with E-state index in [1.165, 1.54) is 32.9 Å². The van der Waals surface area contributed by atoms with Gasteiger partial charge in [0.25, 0.3) is 10.1 Å². The van der Waals surface area contributed by atoms with Crippen molar-refractivity contribution in [1.82, 2.24) is 0 Å². The molecule has 0 amide bonds. The van der Waals surface area contributed by atoms with E-state index in [1.54, 1.807) is 12.1 Å². The standard InChI is InChI=1S/C13H18O5S/c1-9-5-7-11(8-6-9)19(16,17)18-10(2)13(3,4)12(14)15/h5-8,10H,1-4H3,(H,14,15). The average molecular weight is 286 g/mol. The molecule has 106 valence electrons. The van der Waals surface area contributed by atoms with Crippen molar-refractivity contribution in [1.29, 1.82) is 0 Å². The summed E-state index contributed by atoms with van der Waals surface area (Å²) < 4.78 is 29.0. The summed E-state index contributed by atoms with van der Waals surface area (Å²) in [5.74, 6) is -1.11. The van der Waals surface area contributed by atoms with E-state index in [1.807, 2.05) is 6.92 Å². The zero-order valence-corrected chi connectivity index (χ0v) is 12.2. The number of aliphatic carboxylic acids is 1. The van der Waals surface area contributed by atoms with Gasteiger partial charge in [0.1, 0.15) is 0 Å². The number of benzene rings is 1. The summed E-state index contributed by atoms with van der Waals surface area (Å²) in [5, 5.41) is 9.04. The van der Waals surface area contributed by atoms with Crippen molar-refractivity contribution in [3.05, 3.63) is 29.8 Å². The van der Waals surface area contributed by atoms with Gasteiger partial charge in [-0.3, -0.25) is 8.98 Å². The molecule has 1 rings (SSSR count). The van der Waals surface area contributed by atoms with Gasteiger partial charge >= 0.3 is 5.97 Å². The number of rotatable bonds is 5. The number of hydrogen-bond acceptors (Lipinski definition) is 4. The fraction of sp³-hybridized carbons (Fsp3) is 0.462. The highest BCUT2D eigenvalue weighted by Crippen LogP contribution is 2.27. The van der Waals surface area contributed by atoms with Crippen LogP contribution in [0, 0.1) is 12.3 Å². The summed E-state index contributed by atoms with van der Waals surface area (Å²) in [6.45, 7) is 6.11. The van der Waals surface area contributed by atoms with Gasteiger partial charge in [0.2, 0.25) is 0 Å². The lowest BCUT2D eigenvalue weighted by Crippen LogP contribution is -2.38. The Labute approximate surface area is 113 Å². The topological polar surface area (TPSA) is 80.7 Å². The molecule has 1 N–H and O–H groups in total. The first-order valence-electron chi connectivity index (χ1n) is 5.80. The summed E-state index contributed by atoms with van der Waals surface area (Å²) >= 11 is 0. The molecule has 1 atom stereocenters. The third-order valence-electron chi connectivity index (χ3n) is 3.15. The molecule has 1 aromatic carbocycles. The van der Waals surface area contributed by atoms with Crippen molar-refractivity contribution in [2.24, 2.45) is 5.41 Å². The number of carbonyl (C=O) groups is 1. The molecule has 0 heterocycles. The van der Waals surface area contributed by atoms with Crippen LogP contribution in [-0.2, 0) is 19.1 Å². The van der Waals surface area contributed by atoms with Gasteiger partial charge in [0.15, 0.2) is 0 Å². The minimum atomic E-state index is -3.96. The summed E-state index contributed by atoms with van der Waals surface area (Å²) in [6.07, 6.45) is -0.976. The zero-order valence-electron chi connectivity index (χ0n) is 11.4. The van der Waals surface area contributed by atoms with Crippen molar-refractivity contribution in [3.63, 3.8) is 0 Å². The van der Waals surface area contributed by atoms with E-state index in [0.717, 1.165) is 5.56 Å². The Morgan fingerprint density at radius 3 is 2.16 bits per heavy atom. The minimum absolute atomic E-state index is 0.0196. The van der Waals surface area contributed by atoms with Crippen molar-refractivity contribution in [2.75, 3.05) is 0 Å². The molecule has 0 spiro atoms. The van der Waals surface area contributed by atoms with Crippen LogP contribution in [0.3, 0.4) is 0 Å². The van der Waals surface area contributed by atoms with Gasteiger partial charge in [0, 0.05) is 0 Å². The van der Waals surface area contributed by atoms with Crippen LogP contribution >= 0.6 is 0 Å². The summed E-state index contributed by atoms with van der Waals surface area (Å²) in [4.78, 5) is 11.1. The lowest BCUT2D eigenvalue weighted by molar-refractivity contribution is -0.151. The molecule has 0 radical (unpaired) electrons. The van der Waals surface area contributed by atoms with E-state index in [2.05, 4.69) is 0 Å². The van der Waals surface area contributed by atoms with Crippen LogP contribution in [0.1, 0.15) is 26.3 Å². The second-order valence-corrected chi connectivity index (χ2v) is 6.60. The Kier molecular flexibility index (Phi) is 4.37. The highest BCUT2D eigenvalue weighted by molar-refractivity contribution is 7.86.